The van der Waals surface area contributed by atoms with Crippen LogP contribution in [0.1, 0.15) is 16.7 Å². The molecule has 5 rings (SSSR count). The van der Waals surface area contributed by atoms with Gasteiger partial charge >= 0.3 is 0 Å². The molecular weight excluding hydrogens is 338 g/mol. The summed E-state index contributed by atoms with van der Waals surface area (Å²) >= 11 is 0. The topological polar surface area (TPSA) is 66.9 Å². The third-order valence-electron chi connectivity index (χ3n) is 5.20. The average Bonchev–Trinajstić information content (AvgIpc) is 3.28. The van der Waals surface area contributed by atoms with Crippen molar-refractivity contribution in [1.29, 1.82) is 0 Å². The number of imide groups is 1. The highest BCUT2D eigenvalue weighted by molar-refractivity contribution is 6.50. The molecule has 5 heteroatoms. The Hall–Kier alpha value is -3.60. The zero-order valence-corrected chi connectivity index (χ0v) is 15.0. The summed E-state index contributed by atoms with van der Waals surface area (Å²) in [5.41, 5.74) is 5.46. The summed E-state index contributed by atoms with van der Waals surface area (Å²) in [4.78, 5) is 28.7. The van der Waals surface area contributed by atoms with Crippen molar-refractivity contribution in [3.05, 3.63) is 71.5 Å². The van der Waals surface area contributed by atoms with Crippen LogP contribution in [-0.2, 0) is 16.6 Å². The molecule has 0 aliphatic carbocycles. The lowest BCUT2D eigenvalue weighted by Gasteiger charge is -2.03. The Labute approximate surface area is 155 Å². The molecule has 3 heterocycles. The molecule has 4 aromatic rings. The number of para-hydroxylation sites is 1. The number of hydrogen-bond donors (Lipinski definition) is 2. The summed E-state index contributed by atoms with van der Waals surface area (Å²) in [6.07, 6.45) is 3.72. The third kappa shape index (κ3) is 2.18. The van der Waals surface area contributed by atoms with Gasteiger partial charge in [-0.2, -0.15) is 0 Å². The van der Waals surface area contributed by atoms with Crippen LogP contribution in [0.25, 0.3) is 33.0 Å². The van der Waals surface area contributed by atoms with E-state index in [0.29, 0.717) is 11.1 Å². The van der Waals surface area contributed by atoms with Crippen molar-refractivity contribution < 1.29 is 9.59 Å². The number of aryl methyl sites for hydroxylation is 2. The van der Waals surface area contributed by atoms with Gasteiger partial charge in [-0.25, -0.2) is 0 Å². The minimum absolute atomic E-state index is 0.354. The quantitative estimate of drug-likeness (QED) is 0.540. The first-order chi connectivity index (χ1) is 13.0. The highest BCUT2D eigenvalue weighted by Gasteiger charge is 2.34. The molecule has 0 saturated carbocycles. The van der Waals surface area contributed by atoms with Gasteiger partial charge in [-0.15, -0.1) is 0 Å². The molecule has 0 spiro atoms. The van der Waals surface area contributed by atoms with Crippen LogP contribution >= 0.6 is 0 Å². The smallest absolute Gasteiger partial charge is 0.259 e. The number of nitrogens with zero attached hydrogens (tertiary/aromatic N) is 1. The van der Waals surface area contributed by atoms with Crippen molar-refractivity contribution >= 4 is 44.8 Å². The first-order valence-corrected chi connectivity index (χ1v) is 8.77. The Morgan fingerprint density at radius 1 is 0.889 bits per heavy atom. The third-order valence-corrected chi connectivity index (χ3v) is 5.20. The summed E-state index contributed by atoms with van der Waals surface area (Å²) in [7, 11) is 1.94. The van der Waals surface area contributed by atoms with Gasteiger partial charge in [-0.3, -0.25) is 14.9 Å². The minimum atomic E-state index is -0.357. The number of fused-ring (bicyclic) bond motifs is 2. The second-order valence-electron chi connectivity index (χ2n) is 6.96. The van der Waals surface area contributed by atoms with Crippen LogP contribution < -0.4 is 5.32 Å². The zero-order chi connectivity index (χ0) is 18.7. The van der Waals surface area contributed by atoms with Crippen molar-refractivity contribution in [2.24, 2.45) is 7.05 Å². The average molecular weight is 355 g/mol. The van der Waals surface area contributed by atoms with Gasteiger partial charge in [0.05, 0.1) is 11.1 Å². The summed E-state index contributed by atoms with van der Waals surface area (Å²) in [6, 6.07) is 13.9. The van der Waals surface area contributed by atoms with E-state index in [1.54, 1.807) is 0 Å². The van der Waals surface area contributed by atoms with Gasteiger partial charge in [0.25, 0.3) is 11.8 Å². The van der Waals surface area contributed by atoms with Crippen molar-refractivity contribution in [3.8, 4) is 0 Å². The Kier molecular flexibility index (Phi) is 3.15. The fraction of sp³-hybridized carbons (Fsp3) is 0.0909. The van der Waals surface area contributed by atoms with Crippen molar-refractivity contribution in [2.45, 2.75) is 6.92 Å². The predicted molar refractivity (Wildman–Crippen MR) is 106 cm³/mol. The molecule has 2 aromatic heterocycles. The second-order valence-corrected chi connectivity index (χ2v) is 6.96. The first kappa shape index (κ1) is 15.6. The van der Waals surface area contributed by atoms with E-state index in [9.17, 15) is 9.59 Å². The summed E-state index contributed by atoms with van der Waals surface area (Å²) in [5.74, 6) is -0.711. The Morgan fingerprint density at radius 2 is 1.63 bits per heavy atom. The second kappa shape index (κ2) is 5.45. The van der Waals surface area contributed by atoms with Crippen LogP contribution in [0.3, 0.4) is 0 Å². The van der Waals surface area contributed by atoms with Crippen molar-refractivity contribution in [2.75, 3.05) is 0 Å². The van der Waals surface area contributed by atoms with Crippen LogP contribution in [0.5, 0.6) is 0 Å². The largest absolute Gasteiger partial charge is 0.361 e. The van der Waals surface area contributed by atoms with E-state index >= 15 is 0 Å². The van der Waals surface area contributed by atoms with E-state index in [1.165, 1.54) is 0 Å². The molecule has 2 aromatic carbocycles. The minimum Gasteiger partial charge on any atom is -0.361 e. The van der Waals surface area contributed by atoms with E-state index in [1.807, 2.05) is 73.4 Å². The molecule has 2 amide bonds. The number of carbonyl (C=O) groups is 2. The molecule has 0 atom stereocenters. The van der Waals surface area contributed by atoms with E-state index < -0.39 is 0 Å². The van der Waals surface area contributed by atoms with Crippen molar-refractivity contribution in [3.63, 3.8) is 0 Å². The van der Waals surface area contributed by atoms with E-state index in [2.05, 4.69) is 10.3 Å². The molecular formula is C22H17N3O2. The number of rotatable bonds is 2. The van der Waals surface area contributed by atoms with Gasteiger partial charge in [-0.1, -0.05) is 30.3 Å². The Bertz CT molecular complexity index is 1300. The lowest BCUT2D eigenvalue weighted by molar-refractivity contribution is -0.122. The van der Waals surface area contributed by atoms with Gasteiger partial charge in [0.1, 0.15) is 0 Å². The number of amides is 2. The first-order valence-electron chi connectivity index (χ1n) is 8.77. The molecule has 0 radical (unpaired) electrons. The number of aromatic amines is 1. The van der Waals surface area contributed by atoms with Crippen molar-refractivity contribution in [1.82, 2.24) is 14.9 Å². The van der Waals surface area contributed by atoms with Crippen LogP contribution in [0.2, 0.25) is 0 Å². The molecule has 0 fully saturated rings. The maximum absolute atomic E-state index is 12.7. The molecule has 0 unspecified atom stereocenters. The molecule has 0 bridgehead atoms. The maximum Gasteiger partial charge on any atom is 0.259 e. The van der Waals surface area contributed by atoms with E-state index in [4.69, 9.17) is 0 Å². The van der Waals surface area contributed by atoms with Crippen LogP contribution in [0.15, 0.2) is 54.9 Å². The highest BCUT2D eigenvalue weighted by atomic mass is 16.2. The maximum atomic E-state index is 12.7. The number of benzene rings is 2. The van der Waals surface area contributed by atoms with Crippen LogP contribution in [0, 0.1) is 6.92 Å². The van der Waals surface area contributed by atoms with Crippen LogP contribution in [0.4, 0.5) is 0 Å². The fourth-order valence-electron chi connectivity index (χ4n) is 3.96. The highest BCUT2D eigenvalue weighted by Crippen LogP contribution is 2.38. The van der Waals surface area contributed by atoms with Gasteiger partial charge in [-0.05, 0) is 24.6 Å². The molecule has 2 N–H and O–H groups in total. The van der Waals surface area contributed by atoms with E-state index in [-0.39, 0.29) is 11.8 Å². The molecule has 0 saturated heterocycles. The lowest BCUT2D eigenvalue weighted by atomic mass is 9.95. The number of aromatic nitrogens is 2. The standard InChI is InChI=1S/C22H17N3O2/c1-12-7-8-13-15(10-23-17(13)9-12)19-20(22(27)24-21(19)26)16-11-25(2)18-6-4-3-5-14(16)18/h3-11,23H,1-2H3,(H,24,26,27). The normalized spacial score (nSPS) is 14.6. The van der Waals surface area contributed by atoms with Gasteiger partial charge < -0.3 is 9.55 Å². The molecule has 132 valence electrons. The fourth-order valence-corrected chi connectivity index (χ4v) is 3.96. The lowest BCUT2D eigenvalue weighted by Crippen LogP contribution is -2.22. The number of hydrogen-bond acceptors (Lipinski definition) is 2. The number of H-pyrrole nitrogens is 1. The SMILES string of the molecule is Cc1ccc2c(C3=C(c4cn(C)c5ccccc45)C(=O)NC3=O)c[nH]c2c1. The van der Waals surface area contributed by atoms with Gasteiger partial charge in [0.2, 0.25) is 0 Å². The number of carbonyl (C=O) groups excluding carboxylic acids is 2. The molecule has 5 nitrogen and oxygen atoms in total. The van der Waals surface area contributed by atoms with Crippen LogP contribution in [-0.4, -0.2) is 21.4 Å². The monoisotopic (exact) mass is 355 g/mol. The van der Waals surface area contributed by atoms with Gasteiger partial charge in [0.15, 0.2) is 0 Å². The summed E-state index contributed by atoms with van der Waals surface area (Å²) < 4.78 is 1.98. The predicted octanol–water partition coefficient (Wildman–Crippen LogP) is 3.54. The van der Waals surface area contributed by atoms with Gasteiger partial charge in [0, 0.05) is 52.4 Å². The Balaban J connectivity index is 1.85. The summed E-state index contributed by atoms with van der Waals surface area (Å²) in [6.45, 7) is 2.02. The molecule has 1 aliphatic rings. The summed E-state index contributed by atoms with van der Waals surface area (Å²) in [5, 5.41) is 4.36. The zero-order valence-electron chi connectivity index (χ0n) is 15.0. The van der Waals surface area contributed by atoms with E-state index in [0.717, 1.165) is 38.5 Å². The Morgan fingerprint density at radius 3 is 2.44 bits per heavy atom. The molecule has 1 aliphatic heterocycles. The molecule has 27 heavy (non-hydrogen) atoms. The number of nitrogens with one attached hydrogen (secondary N) is 2.